The number of aryl methyl sites for hydroxylation is 1. The highest BCUT2D eigenvalue weighted by molar-refractivity contribution is 5.76. The molecule has 104 valence electrons. The summed E-state index contributed by atoms with van der Waals surface area (Å²) in [6.07, 6.45) is 0.329. The van der Waals surface area contributed by atoms with E-state index in [4.69, 9.17) is 4.74 Å². The van der Waals surface area contributed by atoms with Crippen molar-refractivity contribution in [2.24, 2.45) is 0 Å². The Morgan fingerprint density at radius 3 is 2.84 bits per heavy atom. The van der Waals surface area contributed by atoms with Crippen molar-refractivity contribution in [1.29, 1.82) is 0 Å². The Bertz CT molecular complexity index is 445. The molecule has 0 bridgehead atoms. The van der Waals surface area contributed by atoms with Crippen molar-refractivity contribution >= 4 is 5.91 Å². The first-order valence-corrected chi connectivity index (χ1v) is 6.54. The summed E-state index contributed by atoms with van der Waals surface area (Å²) >= 11 is 0. The highest BCUT2D eigenvalue weighted by Crippen LogP contribution is 2.16. The van der Waals surface area contributed by atoms with E-state index in [2.05, 4.69) is 5.32 Å². The summed E-state index contributed by atoms with van der Waals surface area (Å²) in [6.45, 7) is 5.17. The molecular weight excluding hydrogens is 247 g/mol. The van der Waals surface area contributed by atoms with E-state index in [1.54, 1.807) is 19.1 Å². The molecule has 1 amide bonds. The second-order valence-corrected chi connectivity index (χ2v) is 4.64. The third-order valence-electron chi connectivity index (χ3n) is 3.20. The molecule has 1 fully saturated rings. The molecule has 0 atom stereocenters. The smallest absolute Gasteiger partial charge is 0.226 e. The van der Waals surface area contributed by atoms with Gasteiger partial charge in [-0.3, -0.25) is 4.79 Å². The number of benzene rings is 1. The molecule has 1 N–H and O–H groups in total. The van der Waals surface area contributed by atoms with Crippen LogP contribution in [0.3, 0.4) is 0 Å². The number of halogens is 1. The molecule has 19 heavy (non-hydrogen) atoms. The van der Waals surface area contributed by atoms with E-state index in [-0.39, 0.29) is 18.3 Å². The summed E-state index contributed by atoms with van der Waals surface area (Å²) in [6, 6.07) is 4.74. The standard InChI is InChI=1S/C14H19FN2O2/c1-11-2-3-12(10-13(11)15)19-9-4-14(18)17-7-5-16-6-8-17/h2-3,10,16H,4-9H2,1H3. The number of hydrogen-bond donors (Lipinski definition) is 1. The zero-order valence-corrected chi connectivity index (χ0v) is 11.1. The highest BCUT2D eigenvalue weighted by atomic mass is 19.1. The van der Waals surface area contributed by atoms with Crippen molar-refractivity contribution in [3.63, 3.8) is 0 Å². The van der Waals surface area contributed by atoms with Gasteiger partial charge in [0, 0.05) is 32.2 Å². The minimum absolute atomic E-state index is 0.0917. The number of rotatable bonds is 4. The zero-order chi connectivity index (χ0) is 13.7. The lowest BCUT2D eigenvalue weighted by Crippen LogP contribution is -2.46. The summed E-state index contributed by atoms with van der Waals surface area (Å²) < 4.78 is 18.7. The van der Waals surface area contributed by atoms with E-state index >= 15 is 0 Å². The van der Waals surface area contributed by atoms with E-state index in [1.807, 2.05) is 4.90 Å². The Kier molecular flexibility index (Phi) is 4.74. The molecule has 0 aliphatic carbocycles. The first-order valence-electron chi connectivity index (χ1n) is 6.54. The van der Waals surface area contributed by atoms with Gasteiger partial charge < -0.3 is 15.0 Å². The second kappa shape index (κ2) is 6.52. The second-order valence-electron chi connectivity index (χ2n) is 4.64. The molecule has 0 spiro atoms. The van der Waals surface area contributed by atoms with Gasteiger partial charge in [-0.1, -0.05) is 6.07 Å². The molecule has 1 aromatic carbocycles. The van der Waals surface area contributed by atoms with Crippen LogP contribution >= 0.6 is 0 Å². The minimum atomic E-state index is -0.286. The van der Waals surface area contributed by atoms with E-state index in [9.17, 15) is 9.18 Å². The average molecular weight is 266 g/mol. The average Bonchev–Trinajstić information content (AvgIpc) is 2.43. The first-order chi connectivity index (χ1) is 9.16. The number of carbonyl (C=O) groups is 1. The SMILES string of the molecule is Cc1ccc(OCCC(=O)N2CCNCC2)cc1F. The minimum Gasteiger partial charge on any atom is -0.493 e. The first kappa shape index (κ1) is 13.8. The fraction of sp³-hybridized carbons (Fsp3) is 0.500. The van der Waals surface area contributed by atoms with Crippen molar-refractivity contribution in [3.05, 3.63) is 29.6 Å². The largest absolute Gasteiger partial charge is 0.493 e. The summed E-state index contributed by atoms with van der Waals surface area (Å²) in [7, 11) is 0. The highest BCUT2D eigenvalue weighted by Gasteiger charge is 2.15. The Morgan fingerprint density at radius 2 is 2.16 bits per heavy atom. The number of hydrogen-bond acceptors (Lipinski definition) is 3. The number of amides is 1. The van der Waals surface area contributed by atoms with Crippen LogP contribution in [-0.4, -0.2) is 43.6 Å². The van der Waals surface area contributed by atoms with E-state index < -0.39 is 0 Å². The van der Waals surface area contributed by atoms with E-state index in [0.29, 0.717) is 17.7 Å². The maximum Gasteiger partial charge on any atom is 0.226 e. The number of nitrogens with one attached hydrogen (secondary N) is 1. The molecule has 0 saturated carbocycles. The van der Waals surface area contributed by atoms with Crippen LogP contribution < -0.4 is 10.1 Å². The van der Waals surface area contributed by atoms with Gasteiger partial charge in [-0.25, -0.2) is 4.39 Å². The van der Waals surface area contributed by atoms with Crippen molar-refractivity contribution < 1.29 is 13.9 Å². The van der Waals surface area contributed by atoms with Gasteiger partial charge >= 0.3 is 0 Å². The predicted octanol–water partition coefficient (Wildman–Crippen LogP) is 1.33. The fourth-order valence-electron chi connectivity index (χ4n) is 1.99. The van der Waals surface area contributed by atoms with E-state index in [0.717, 1.165) is 26.2 Å². The number of ether oxygens (including phenoxy) is 1. The van der Waals surface area contributed by atoms with Crippen LogP contribution in [0.4, 0.5) is 4.39 Å². The van der Waals surface area contributed by atoms with Crippen LogP contribution in [0.25, 0.3) is 0 Å². The van der Waals surface area contributed by atoms with Crippen LogP contribution in [-0.2, 0) is 4.79 Å². The maximum absolute atomic E-state index is 13.3. The van der Waals surface area contributed by atoms with Gasteiger partial charge in [-0.2, -0.15) is 0 Å². The normalized spacial score (nSPS) is 15.4. The van der Waals surface area contributed by atoms with Gasteiger partial charge in [-0.05, 0) is 18.6 Å². The van der Waals surface area contributed by atoms with Crippen molar-refractivity contribution in [3.8, 4) is 5.75 Å². The van der Waals surface area contributed by atoms with Gasteiger partial charge in [0.15, 0.2) is 0 Å². The zero-order valence-electron chi connectivity index (χ0n) is 11.1. The number of piperazine rings is 1. The van der Waals surface area contributed by atoms with Crippen molar-refractivity contribution in [2.75, 3.05) is 32.8 Å². The Balaban J connectivity index is 1.76. The van der Waals surface area contributed by atoms with Crippen LogP contribution in [0.2, 0.25) is 0 Å². The molecule has 0 unspecified atom stereocenters. The summed E-state index contributed by atoms with van der Waals surface area (Å²) in [4.78, 5) is 13.7. The molecule has 0 aromatic heterocycles. The topological polar surface area (TPSA) is 41.6 Å². The van der Waals surface area contributed by atoms with Gasteiger partial charge in [0.25, 0.3) is 0 Å². The van der Waals surface area contributed by atoms with Gasteiger partial charge in [0.05, 0.1) is 13.0 Å². The number of carbonyl (C=O) groups excluding carboxylic acids is 1. The molecule has 2 rings (SSSR count). The maximum atomic E-state index is 13.3. The van der Waals surface area contributed by atoms with Gasteiger partial charge in [-0.15, -0.1) is 0 Å². The Labute approximate surface area is 112 Å². The van der Waals surface area contributed by atoms with Gasteiger partial charge in [0.2, 0.25) is 5.91 Å². The lowest BCUT2D eigenvalue weighted by molar-refractivity contribution is -0.132. The molecule has 1 heterocycles. The third-order valence-corrected chi connectivity index (χ3v) is 3.20. The summed E-state index contributed by atoms with van der Waals surface area (Å²) in [5.74, 6) is 0.274. The molecule has 1 saturated heterocycles. The Morgan fingerprint density at radius 1 is 1.42 bits per heavy atom. The lowest BCUT2D eigenvalue weighted by atomic mass is 10.2. The lowest BCUT2D eigenvalue weighted by Gasteiger charge is -2.27. The molecule has 1 aliphatic rings. The van der Waals surface area contributed by atoms with Gasteiger partial charge in [0.1, 0.15) is 11.6 Å². The van der Waals surface area contributed by atoms with E-state index in [1.165, 1.54) is 6.07 Å². The predicted molar refractivity (Wildman–Crippen MR) is 70.7 cm³/mol. The van der Waals surface area contributed by atoms with Crippen LogP contribution in [0, 0.1) is 12.7 Å². The quantitative estimate of drug-likeness (QED) is 0.894. The summed E-state index contributed by atoms with van der Waals surface area (Å²) in [5.41, 5.74) is 0.587. The van der Waals surface area contributed by atoms with Crippen LogP contribution in [0.15, 0.2) is 18.2 Å². The molecule has 1 aromatic rings. The third kappa shape index (κ3) is 3.92. The molecule has 4 nitrogen and oxygen atoms in total. The molecule has 0 radical (unpaired) electrons. The monoisotopic (exact) mass is 266 g/mol. The fourth-order valence-corrected chi connectivity index (χ4v) is 1.99. The molecular formula is C14H19FN2O2. The molecule has 1 aliphatic heterocycles. The van der Waals surface area contributed by atoms with Crippen molar-refractivity contribution in [1.82, 2.24) is 10.2 Å². The van der Waals surface area contributed by atoms with Crippen LogP contribution in [0.1, 0.15) is 12.0 Å². The Hall–Kier alpha value is -1.62. The molecule has 5 heteroatoms. The van der Waals surface area contributed by atoms with Crippen molar-refractivity contribution in [2.45, 2.75) is 13.3 Å². The van der Waals surface area contributed by atoms with Crippen LogP contribution in [0.5, 0.6) is 5.75 Å². The summed E-state index contributed by atoms with van der Waals surface area (Å²) in [5, 5.41) is 3.20. The number of nitrogens with zero attached hydrogens (tertiary/aromatic N) is 1.